The Kier molecular flexibility index (Phi) is 4.79. The first-order valence-corrected chi connectivity index (χ1v) is 6.41. The summed E-state index contributed by atoms with van der Waals surface area (Å²) in [5, 5.41) is 12.9. The van der Waals surface area contributed by atoms with Gasteiger partial charge in [-0.2, -0.15) is 0 Å². The predicted octanol–water partition coefficient (Wildman–Crippen LogP) is 1.18. The molecule has 1 aliphatic rings. The van der Waals surface area contributed by atoms with E-state index in [-0.39, 0.29) is 6.61 Å². The second-order valence-electron chi connectivity index (χ2n) is 4.06. The van der Waals surface area contributed by atoms with E-state index in [0.717, 1.165) is 23.4 Å². The molecule has 0 radical (unpaired) electrons. The van der Waals surface area contributed by atoms with Crippen molar-refractivity contribution in [2.45, 2.75) is 12.1 Å². The molecule has 1 aliphatic heterocycles. The molecule has 2 N–H and O–H groups in total. The lowest BCUT2D eigenvalue weighted by atomic mass is 10.2. The summed E-state index contributed by atoms with van der Waals surface area (Å²) < 4.78 is 11.5. The van der Waals surface area contributed by atoms with E-state index >= 15 is 0 Å². The van der Waals surface area contributed by atoms with E-state index in [4.69, 9.17) is 9.47 Å². The number of aliphatic hydroxyl groups is 1. The van der Waals surface area contributed by atoms with Crippen LogP contribution in [0.15, 0.2) is 28.7 Å². The Hall–Kier alpha value is -0.620. The van der Waals surface area contributed by atoms with Gasteiger partial charge in [-0.15, -0.1) is 0 Å². The van der Waals surface area contributed by atoms with Gasteiger partial charge in [0.05, 0.1) is 19.3 Å². The van der Waals surface area contributed by atoms with E-state index < -0.39 is 6.10 Å². The summed E-state index contributed by atoms with van der Waals surface area (Å²) in [6, 6.07) is 7.96. The van der Waals surface area contributed by atoms with Crippen LogP contribution in [-0.2, 0) is 4.74 Å². The number of hydrogen-bond donors (Lipinski definition) is 2. The number of aliphatic hydroxyl groups excluding tert-OH is 1. The van der Waals surface area contributed by atoms with Gasteiger partial charge in [-0.05, 0) is 18.2 Å². The second-order valence-corrected chi connectivity index (χ2v) is 4.98. The van der Waals surface area contributed by atoms with Crippen LogP contribution in [0.5, 0.6) is 5.75 Å². The lowest BCUT2D eigenvalue weighted by molar-refractivity contribution is -0.0118. The highest BCUT2D eigenvalue weighted by Gasteiger charge is 2.18. The monoisotopic (exact) mass is 301 g/mol. The molecule has 4 nitrogen and oxygen atoms in total. The Bertz CT molecular complexity index is 357. The van der Waals surface area contributed by atoms with E-state index in [2.05, 4.69) is 21.2 Å². The SMILES string of the molecule is OC(CNC1COC1)COc1cccc(Br)c1. The Morgan fingerprint density at radius 1 is 1.53 bits per heavy atom. The highest BCUT2D eigenvalue weighted by atomic mass is 79.9. The average molecular weight is 302 g/mol. The largest absolute Gasteiger partial charge is 0.491 e. The maximum atomic E-state index is 9.71. The van der Waals surface area contributed by atoms with E-state index in [1.54, 1.807) is 0 Å². The molecule has 1 atom stereocenters. The number of benzene rings is 1. The zero-order valence-electron chi connectivity index (χ0n) is 9.43. The molecule has 0 amide bonds. The van der Waals surface area contributed by atoms with Crippen molar-refractivity contribution < 1.29 is 14.6 Å². The summed E-state index contributed by atoms with van der Waals surface area (Å²) in [7, 11) is 0. The minimum absolute atomic E-state index is 0.289. The molecule has 2 rings (SSSR count). The van der Waals surface area contributed by atoms with E-state index in [1.807, 2.05) is 24.3 Å². The predicted molar refractivity (Wildman–Crippen MR) is 68.3 cm³/mol. The van der Waals surface area contributed by atoms with Crippen LogP contribution in [0.3, 0.4) is 0 Å². The summed E-state index contributed by atoms with van der Waals surface area (Å²) in [5.41, 5.74) is 0. The number of rotatable bonds is 6. The smallest absolute Gasteiger partial charge is 0.120 e. The van der Waals surface area contributed by atoms with Crippen molar-refractivity contribution in [1.82, 2.24) is 5.32 Å². The van der Waals surface area contributed by atoms with Crippen LogP contribution in [-0.4, -0.2) is 43.6 Å². The van der Waals surface area contributed by atoms with Gasteiger partial charge in [0.15, 0.2) is 0 Å². The number of ether oxygens (including phenoxy) is 2. The molecule has 1 heterocycles. The average Bonchev–Trinajstić information content (AvgIpc) is 2.24. The van der Waals surface area contributed by atoms with Crippen molar-refractivity contribution in [3.63, 3.8) is 0 Å². The fourth-order valence-electron chi connectivity index (χ4n) is 1.46. The van der Waals surface area contributed by atoms with Gasteiger partial charge < -0.3 is 19.9 Å². The van der Waals surface area contributed by atoms with Crippen LogP contribution in [0.2, 0.25) is 0 Å². The van der Waals surface area contributed by atoms with Gasteiger partial charge >= 0.3 is 0 Å². The van der Waals surface area contributed by atoms with Crippen molar-refractivity contribution in [3.8, 4) is 5.75 Å². The Morgan fingerprint density at radius 3 is 3.00 bits per heavy atom. The molecule has 1 unspecified atom stereocenters. The summed E-state index contributed by atoms with van der Waals surface area (Å²) in [6.07, 6.45) is -0.505. The Labute approximate surface area is 109 Å². The van der Waals surface area contributed by atoms with Crippen LogP contribution >= 0.6 is 15.9 Å². The van der Waals surface area contributed by atoms with Crippen LogP contribution in [0.1, 0.15) is 0 Å². The molecule has 0 saturated carbocycles. The topological polar surface area (TPSA) is 50.7 Å². The third-order valence-electron chi connectivity index (χ3n) is 2.52. The highest BCUT2D eigenvalue weighted by molar-refractivity contribution is 9.10. The molecule has 0 aromatic heterocycles. The molecule has 1 aromatic carbocycles. The van der Waals surface area contributed by atoms with Gasteiger partial charge in [0.2, 0.25) is 0 Å². The lowest BCUT2D eigenvalue weighted by Crippen LogP contribution is -2.49. The first kappa shape index (κ1) is 12.8. The fourth-order valence-corrected chi connectivity index (χ4v) is 1.84. The molecule has 0 spiro atoms. The minimum Gasteiger partial charge on any atom is -0.491 e. The van der Waals surface area contributed by atoms with Crippen LogP contribution in [0.4, 0.5) is 0 Å². The standard InChI is InChI=1S/C12H16BrNO3/c13-9-2-1-3-12(4-9)17-8-11(15)5-14-10-6-16-7-10/h1-4,10-11,14-15H,5-8H2. The van der Waals surface area contributed by atoms with Crippen molar-refractivity contribution in [2.75, 3.05) is 26.4 Å². The van der Waals surface area contributed by atoms with Crippen LogP contribution in [0.25, 0.3) is 0 Å². The van der Waals surface area contributed by atoms with E-state index in [0.29, 0.717) is 12.6 Å². The minimum atomic E-state index is -0.505. The molecule has 17 heavy (non-hydrogen) atoms. The molecule has 94 valence electrons. The lowest BCUT2D eigenvalue weighted by Gasteiger charge is -2.28. The molecule has 5 heteroatoms. The van der Waals surface area contributed by atoms with Gasteiger partial charge in [0, 0.05) is 11.0 Å². The number of halogens is 1. The van der Waals surface area contributed by atoms with Crippen molar-refractivity contribution >= 4 is 15.9 Å². The Morgan fingerprint density at radius 2 is 2.35 bits per heavy atom. The molecule has 0 bridgehead atoms. The van der Waals surface area contributed by atoms with Crippen LogP contribution < -0.4 is 10.1 Å². The third kappa shape index (κ3) is 4.27. The highest BCUT2D eigenvalue weighted by Crippen LogP contribution is 2.17. The summed E-state index contributed by atoms with van der Waals surface area (Å²) in [5.74, 6) is 0.755. The molecule has 1 saturated heterocycles. The summed E-state index contributed by atoms with van der Waals surface area (Å²) in [6.45, 7) is 2.29. The fraction of sp³-hybridized carbons (Fsp3) is 0.500. The van der Waals surface area contributed by atoms with Crippen LogP contribution in [0, 0.1) is 0 Å². The maximum Gasteiger partial charge on any atom is 0.120 e. The molecule has 0 aliphatic carbocycles. The number of hydrogen-bond acceptors (Lipinski definition) is 4. The summed E-state index contributed by atoms with van der Waals surface area (Å²) >= 11 is 3.37. The van der Waals surface area contributed by atoms with E-state index in [1.165, 1.54) is 0 Å². The van der Waals surface area contributed by atoms with Gasteiger partial charge in [-0.1, -0.05) is 22.0 Å². The van der Waals surface area contributed by atoms with Gasteiger partial charge in [0.1, 0.15) is 18.5 Å². The summed E-state index contributed by atoms with van der Waals surface area (Å²) in [4.78, 5) is 0. The van der Waals surface area contributed by atoms with Gasteiger partial charge in [-0.3, -0.25) is 0 Å². The molecular weight excluding hydrogens is 286 g/mol. The molecular formula is C12H16BrNO3. The molecule has 1 aromatic rings. The van der Waals surface area contributed by atoms with Crippen molar-refractivity contribution in [1.29, 1.82) is 0 Å². The Balaban J connectivity index is 1.66. The quantitative estimate of drug-likeness (QED) is 0.828. The van der Waals surface area contributed by atoms with Crippen molar-refractivity contribution in [3.05, 3.63) is 28.7 Å². The number of nitrogens with one attached hydrogen (secondary N) is 1. The zero-order valence-corrected chi connectivity index (χ0v) is 11.0. The normalized spacial score (nSPS) is 17.5. The van der Waals surface area contributed by atoms with Crippen molar-refractivity contribution in [2.24, 2.45) is 0 Å². The first-order valence-electron chi connectivity index (χ1n) is 5.61. The second kappa shape index (κ2) is 6.35. The van der Waals surface area contributed by atoms with E-state index in [9.17, 15) is 5.11 Å². The third-order valence-corrected chi connectivity index (χ3v) is 3.01. The van der Waals surface area contributed by atoms with Gasteiger partial charge in [-0.25, -0.2) is 0 Å². The molecule has 1 fully saturated rings. The maximum absolute atomic E-state index is 9.71. The zero-order chi connectivity index (χ0) is 12.1. The first-order chi connectivity index (χ1) is 8.24. The van der Waals surface area contributed by atoms with Gasteiger partial charge in [0.25, 0.3) is 0 Å².